The quantitative estimate of drug-likeness (QED) is 0.406. The van der Waals surface area contributed by atoms with Crippen LogP contribution in [0, 0.1) is 5.92 Å². The fraction of sp³-hybridized carbons (Fsp3) is 0.500. The third-order valence-electron chi connectivity index (χ3n) is 1.67. The summed E-state index contributed by atoms with van der Waals surface area (Å²) in [6.45, 7) is 2.50. The average molecular weight is 222 g/mol. The molecule has 86 valence electrons. The van der Waals surface area contributed by atoms with Crippen LogP contribution in [0.5, 0.6) is 0 Å². The third-order valence-corrected chi connectivity index (χ3v) is 1.67. The van der Waals surface area contributed by atoms with Gasteiger partial charge in [0.1, 0.15) is 12.4 Å². The van der Waals surface area contributed by atoms with Crippen LogP contribution in [-0.4, -0.2) is 19.1 Å². The number of aldehydes is 1. The van der Waals surface area contributed by atoms with Crippen molar-refractivity contribution in [2.45, 2.75) is 20.0 Å². The van der Waals surface area contributed by atoms with Gasteiger partial charge in [0.05, 0.1) is 5.92 Å². The summed E-state index contributed by atoms with van der Waals surface area (Å²) in [6, 6.07) is 0. The Balaban J connectivity index is 4.30. The van der Waals surface area contributed by atoms with Crippen LogP contribution in [0.1, 0.15) is 13.8 Å². The van der Waals surface area contributed by atoms with E-state index in [1.165, 1.54) is 12.2 Å². The lowest BCUT2D eigenvalue weighted by molar-refractivity contribution is -0.156. The second-order valence-electron chi connectivity index (χ2n) is 2.86. The molecule has 0 aromatic carbocycles. The topological polar surface area (TPSA) is 26.3 Å². The summed E-state index contributed by atoms with van der Waals surface area (Å²) in [5.74, 6) is -1.29. The molecular formula is C10H13F3O2. The Labute approximate surface area is 86.4 Å². The van der Waals surface area contributed by atoms with Crippen LogP contribution in [0.2, 0.25) is 0 Å². The van der Waals surface area contributed by atoms with Crippen LogP contribution < -0.4 is 0 Å². The SMILES string of the molecule is C/C=C(\C=C/C(C)C(F)(F)F)OCC=O. The number of hydrogen-bond acceptors (Lipinski definition) is 2. The minimum atomic E-state index is -4.25. The van der Waals surface area contributed by atoms with E-state index in [-0.39, 0.29) is 12.4 Å². The molecule has 0 N–H and O–H groups in total. The van der Waals surface area contributed by atoms with Gasteiger partial charge in [-0.3, -0.25) is 4.79 Å². The van der Waals surface area contributed by atoms with Crippen molar-refractivity contribution in [1.29, 1.82) is 0 Å². The van der Waals surface area contributed by atoms with E-state index in [1.807, 2.05) is 0 Å². The number of carbonyl (C=O) groups excluding carboxylic acids is 1. The minimum Gasteiger partial charge on any atom is -0.487 e. The molecule has 0 aliphatic rings. The van der Waals surface area contributed by atoms with Crippen LogP contribution in [0.15, 0.2) is 24.0 Å². The molecule has 0 rings (SSSR count). The highest BCUT2D eigenvalue weighted by Crippen LogP contribution is 2.26. The van der Waals surface area contributed by atoms with Gasteiger partial charge in [0.15, 0.2) is 6.29 Å². The molecule has 2 nitrogen and oxygen atoms in total. The lowest BCUT2D eigenvalue weighted by Crippen LogP contribution is -2.17. The summed E-state index contributed by atoms with van der Waals surface area (Å²) in [4.78, 5) is 9.97. The van der Waals surface area contributed by atoms with Crippen molar-refractivity contribution in [3.8, 4) is 0 Å². The Bertz CT molecular complexity index is 254. The summed E-state index contributed by atoms with van der Waals surface area (Å²) in [7, 11) is 0. The monoisotopic (exact) mass is 222 g/mol. The number of allylic oxidation sites excluding steroid dienone is 3. The molecule has 0 fully saturated rings. The first-order valence-corrected chi connectivity index (χ1v) is 4.39. The Morgan fingerprint density at radius 1 is 1.47 bits per heavy atom. The molecule has 0 spiro atoms. The standard InChI is InChI=1S/C10H13F3O2/c1-3-9(15-7-6-14)5-4-8(2)10(11,12)13/h3-6,8H,7H2,1-2H3/b5-4-,9-3+. The van der Waals surface area contributed by atoms with Crippen LogP contribution in [0.4, 0.5) is 13.2 Å². The molecule has 0 saturated carbocycles. The Kier molecular flexibility index (Phi) is 5.74. The van der Waals surface area contributed by atoms with Gasteiger partial charge < -0.3 is 4.74 Å². The van der Waals surface area contributed by atoms with Gasteiger partial charge in [-0.15, -0.1) is 0 Å². The normalized spacial score (nSPS) is 15.4. The minimum absolute atomic E-state index is 0.162. The first-order valence-electron chi connectivity index (χ1n) is 4.39. The van der Waals surface area contributed by atoms with Crippen molar-refractivity contribution in [2.75, 3.05) is 6.61 Å². The second-order valence-corrected chi connectivity index (χ2v) is 2.86. The fourth-order valence-corrected chi connectivity index (χ4v) is 0.706. The molecule has 0 amide bonds. The fourth-order valence-electron chi connectivity index (χ4n) is 0.706. The largest absolute Gasteiger partial charge is 0.487 e. The van der Waals surface area contributed by atoms with Gasteiger partial charge in [-0.2, -0.15) is 13.2 Å². The zero-order valence-electron chi connectivity index (χ0n) is 8.54. The first kappa shape index (κ1) is 13.7. The van der Waals surface area contributed by atoms with Gasteiger partial charge in [0.25, 0.3) is 0 Å². The van der Waals surface area contributed by atoms with Gasteiger partial charge in [-0.25, -0.2) is 0 Å². The number of alkyl halides is 3. The van der Waals surface area contributed by atoms with Gasteiger partial charge in [-0.1, -0.05) is 13.0 Å². The molecule has 5 heteroatoms. The second kappa shape index (κ2) is 6.27. The maximum atomic E-state index is 12.1. The summed E-state index contributed by atoms with van der Waals surface area (Å²) in [6.07, 6.45) is -0.0323. The number of hydrogen-bond donors (Lipinski definition) is 0. The van der Waals surface area contributed by atoms with E-state index in [9.17, 15) is 18.0 Å². The molecule has 0 radical (unpaired) electrons. The van der Waals surface area contributed by atoms with E-state index in [0.717, 1.165) is 13.0 Å². The van der Waals surface area contributed by atoms with E-state index in [1.54, 1.807) is 6.92 Å². The predicted octanol–water partition coefficient (Wildman–Crippen LogP) is 2.86. The van der Waals surface area contributed by atoms with Crippen LogP contribution in [-0.2, 0) is 9.53 Å². The molecule has 0 bridgehead atoms. The van der Waals surface area contributed by atoms with Crippen molar-refractivity contribution < 1.29 is 22.7 Å². The van der Waals surface area contributed by atoms with E-state index in [4.69, 9.17) is 4.74 Å². The lowest BCUT2D eigenvalue weighted by Gasteiger charge is -2.11. The van der Waals surface area contributed by atoms with Crippen LogP contribution in [0.25, 0.3) is 0 Å². The van der Waals surface area contributed by atoms with E-state index < -0.39 is 12.1 Å². The predicted molar refractivity (Wildman–Crippen MR) is 50.1 cm³/mol. The van der Waals surface area contributed by atoms with E-state index in [0.29, 0.717) is 6.29 Å². The smallest absolute Gasteiger partial charge is 0.394 e. The molecule has 15 heavy (non-hydrogen) atoms. The highest BCUT2D eigenvalue weighted by atomic mass is 19.4. The van der Waals surface area contributed by atoms with Crippen LogP contribution in [0.3, 0.4) is 0 Å². The molecule has 0 aliphatic heterocycles. The zero-order chi connectivity index (χ0) is 11.9. The van der Waals surface area contributed by atoms with Crippen molar-refractivity contribution in [2.24, 2.45) is 5.92 Å². The maximum absolute atomic E-state index is 12.1. The molecule has 0 aromatic rings. The zero-order valence-corrected chi connectivity index (χ0v) is 8.54. The van der Waals surface area contributed by atoms with Gasteiger partial charge in [0.2, 0.25) is 0 Å². The molecular weight excluding hydrogens is 209 g/mol. The van der Waals surface area contributed by atoms with Crippen molar-refractivity contribution in [3.63, 3.8) is 0 Å². The Hall–Kier alpha value is -1.26. The maximum Gasteiger partial charge on any atom is 0.394 e. The Morgan fingerprint density at radius 3 is 2.47 bits per heavy atom. The third kappa shape index (κ3) is 5.93. The van der Waals surface area contributed by atoms with E-state index in [2.05, 4.69) is 0 Å². The number of ether oxygens (including phenoxy) is 1. The van der Waals surface area contributed by atoms with Gasteiger partial charge in [0, 0.05) is 0 Å². The lowest BCUT2D eigenvalue weighted by atomic mass is 10.1. The average Bonchev–Trinajstić information content (AvgIpc) is 2.16. The molecule has 0 saturated heterocycles. The van der Waals surface area contributed by atoms with Gasteiger partial charge in [-0.05, 0) is 19.1 Å². The highest BCUT2D eigenvalue weighted by Gasteiger charge is 2.33. The number of carbonyl (C=O) groups is 1. The van der Waals surface area contributed by atoms with Gasteiger partial charge >= 0.3 is 6.18 Å². The summed E-state index contributed by atoms with van der Waals surface area (Å²) >= 11 is 0. The molecule has 1 atom stereocenters. The summed E-state index contributed by atoms with van der Waals surface area (Å²) < 4.78 is 41.1. The van der Waals surface area contributed by atoms with Crippen LogP contribution >= 0.6 is 0 Å². The molecule has 0 heterocycles. The number of halogens is 3. The first-order chi connectivity index (χ1) is 6.91. The molecule has 0 aromatic heterocycles. The number of rotatable bonds is 5. The highest BCUT2D eigenvalue weighted by molar-refractivity contribution is 5.50. The van der Waals surface area contributed by atoms with Crippen molar-refractivity contribution in [3.05, 3.63) is 24.0 Å². The Morgan fingerprint density at radius 2 is 2.07 bits per heavy atom. The molecule has 0 aliphatic carbocycles. The summed E-state index contributed by atoms with van der Waals surface area (Å²) in [5, 5.41) is 0. The summed E-state index contributed by atoms with van der Waals surface area (Å²) in [5.41, 5.74) is 0. The molecule has 1 unspecified atom stereocenters. The van der Waals surface area contributed by atoms with E-state index >= 15 is 0 Å². The van der Waals surface area contributed by atoms with Crippen molar-refractivity contribution in [1.82, 2.24) is 0 Å². The van der Waals surface area contributed by atoms with Crippen molar-refractivity contribution >= 4 is 6.29 Å².